The van der Waals surface area contributed by atoms with Crippen LogP contribution in [0.15, 0.2) is 35.3 Å². The summed E-state index contributed by atoms with van der Waals surface area (Å²) in [5, 5.41) is 0. The average Bonchev–Trinajstić information content (AvgIpc) is 3.44. The van der Waals surface area contributed by atoms with Crippen molar-refractivity contribution in [3.63, 3.8) is 0 Å². The molecule has 2 saturated heterocycles. The molecule has 7 heteroatoms. The van der Waals surface area contributed by atoms with Gasteiger partial charge in [-0.3, -0.25) is 14.6 Å². The van der Waals surface area contributed by atoms with Crippen LogP contribution in [-0.2, 0) is 28.9 Å². The van der Waals surface area contributed by atoms with E-state index < -0.39 is 0 Å². The minimum atomic E-state index is 0.000139. The van der Waals surface area contributed by atoms with Gasteiger partial charge in [0.15, 0.2) is 11.6 Å². The first-order valence-electron chi connectivity index (χ1n) is 18.1. The second kappa shape index (κ2) is 14.2. The minimum Gasteiger partial charge on any atom is -0.306 e. The molecule has 1 aromatic heterocycles. The highest BCUT2D eigenvalue weighted by atomic mass is 16.1. The van der Waals surface area contributed by atoms with Crippen molar-refractivity contribution in [2.24, 2.45) is 28.2 Å². The van der Waals surface area contributed by atoms with Crippen LogP contribution in [0.3, 0.4) is 0 Å². The standard InChI is InChI=1S/C40H54N4O3/c1-26(45)17-27-11-14-44(15-12-27)16-13-30(29-7-6-8-31(19-29)38(46)18-28-24-43(5)25-28)22-39(47)37-23-36-35(42-37)21-32-20-33(40(2,3)4)9-10-34(32)41-36/h6-8,19,21,27-28,30,33H,9-18,20,22-25H2,1-5H3/t30-,33-/m0/s1. The molecular formula is C40H54N4O3. The van der Waals surface area contributed by atoms with Crippen LogP contribution in [0.2, 0.25) is 0 Å². The van der Waals surface area contributed by atoms with Gasteiger partial charge in [-0.2, -0.15) is 0 Å². The topological polar surface area (TPSA) is 82.9 Å². The number of likely N-dealkylation sites (tertiary alicyclic amines) is 2. The van der Waals surface area contributed by atoms with Gasteiger partial charge in [0.25, 0.3) is 0 Å². The summed E-state index contributed by atoms with van der Waals surface area (Å²) in [5.74, 6) is 2.11. The minimum absolute atomic E-state index is 0.000139. The molecule has 1 aliphatic carbocycles. The van der Waals surface area contributed by atoms with E-state index in [0.717, 1.165) is 93.8 Å². The van der Waals surface area contributed by atoms with Crippen LogP contribution in [0, 0.1) is 23.2 Å². The molecular weight excluding hydrogens is 584 g/mol. The molecule has 6 rings (SSSR count). The average molecular weight is 639 g/mol. The van der Waals surface area contributed by atoms with Gasteiger partial charge in [-0.05, 0) is 124 Å². The van der Waals surface area contributed by atoms with E-state index in [1.807, 2.05) is 18.2 Å². The molecule has 0 N–H and O–H groups in total. The number of aliphatic imine (C=N–C) groups is 1. The van der Waals surface area contributed by atoms with E-state index >= 15 is 0 Å². The summed E-state index contributed by atoms with van der Waals surface area (Å²) in [4.78, 5) is 53.5. The highest BCUT2D eigenvalue weighted by molar-refractivity contribution is 6.41. The summed E-state index contributed by atoms with van der Waals surface area (Å²) in [7, 11) is 2.09. The molecule has 7 nitrogen and oxygen atoms in total. The molecule has 0 spiro atoms. The quantitative estimate of drug-likeness (QED) is 0.237. The van der Waals surface area contributed by atoms with E-state index in [2.05, 4.69) is 49.8 Å². The number of aromatic nitrogens is 1. The first kappa shape index (κ1) is 33.9. The van der Waals surface area contributed by atoms with Crippen LogP contribution in [-0.4, -0.2) is 77.6 Å². The number of carbonyl (C=O) groups excluding carboxylic acids is 3. The van der Waals surface area contributed by atoms with Crippen LogP contribution in [0.5, 0.6) is 0 Å². The summed E-state index contributed by atoms with van der Waals surface area (Å²) in [6.45, 7) is 13.5. The second-order valence-electron chi connectivity index (χ2n) is 16.2. The number of Topliss-reactive ketones (excluding diaryl/α,β-unsaturated/α-hetero) is 3. The maximum absolute atomic E-state index is 14.0. The van der Waals surface area contributed by atoms with E-state index in [1.165, 1.54) is 11.3 Å². The molecule has 0 unspecified atom stereocenters. The van der Waals surface area contributed by atoms with E-state index in [0.29, 0.717) is 49.1 Å². The number of piperidine rings is 1. The molecule has 0 bridgehead atoms. The lowest BCUT2D eigenvalue weighted by Gasteiger charge is -2.35. The van der Waals surface area contributed by atoms with Crippen LogP contribution in [0.4, 0.5) is 5.69 Å². The summed E-state index contributed by atoms with van der Waals surface area (Å²) in [6, 6.07) is 10.3. The summed E-state index contributed by atoms with van der Waals surface area (Å²) in [6.07, 6.45) is 8.27. The van der Waals surface area contributed by atoms with Gasteiger partial charge >= 0.3 is 0 Å². The zero-order chi connectivity index (χ0) is 33.3. The number of carbonyl (C=O) groups is 3. The zero-order valence-electron chi connectivity index (χ0n) is 29.3. The summed E-state index contributed by atoms with van der Waals surface area (Å²) in [5.41, 5.74) is 7.02. The van der Waals surface area contributed by atoms with E-state index in [-0.39, 0.29) is 28.7 Å². The number of benzene rings is 1. The molecule has 4 aliphatic rings. The van der Waals surface area contributed by atoms with Gasteiger partial charge in [-0.25, -0.2) is 4.99 Å². The number of nitrogens with zero attached hydrogens (tertiary/aromatic N) is 4. The van der Waals surface area contributed by atoms with Crippen molar-refractivity contribution in [3.05, 3.63) is 58.4 Å². The SMILES string of the molecule is CC(=O)CC1CCN(CC[C@@H](CC(=O)C2=Nc3cc4c(nc3C2)CC[C@H](C(C)(C)C)C4)c2cccc(C(=O)CC3CN(C)C3)c2)CC1. The number of aryl methyl sites for hydroxylation is 1. The van der Waals surface area contributed by atoms with E-state index in [1.54, 1.807) is 6.92 Å². The third kappa shape index (κ3) is 8.34. The predicted octanol–water partition coefficient (Wildman–Crippen LogP) is 6.82. The Morgan fingerprint density at radius 1 is 0.957 bits per heavy atom. The predicted molar refractivity (Wildman–Crippen MR) is 188 cm³/mol. The number of ketones is 3. The molecule has 0 saturated carbocycles. The molecule has 252 valence electrons. The van der Waals surface area contributed by atoms with Crippen molar-refractivity contribution in [3.8, 4) is 0 Å². The van der Waals surface area contributed by atoms with Gasteiger partial charge in [-0.15, -0.1) is 0 Å². The van der Waals surface area contributed by atoms with Crippen molar-refractivity contribution in [1.82, 2.24) is 14.8 Å². The van der Waals surface area contributed by atoms with Gasteiger partial charge in [0.1, 0.15) is 5.78 Å². The lowest BCUT2D eigenvalue weighted by atomic mass is 9.71. The Hall–Kier alpha value is -3.03. The molecule has 2 fully saturated rings. The number of fused-ring (bicyclic) bond motifs is 2. The lowest BCUT2D eigenvalue weighted by molar-refractivity contribution is -0.118. The Bertz CT molecular complexity index is 1520. The number of pyridine rings is 1. The second-order valence-corrected chi connectivity index (χ2v) is 16.2. The van der Waals surface area contributed by atoms with Crippen LogP contribution < -0.4 is 0 Å². The molecule has 47 heavy (non-hydrogen) atoms. The summed E-state index contributed by atoms with van der Waals surface area (Å²) >= 11 is 0. The van der Waals surface area contributed by atoms with E-state index in [9.17, 15) is 14.4 Å². The molecule has 2 atom stereocenters. The Morgan fingerprint density at radius 2 is 1.72 bits per heavy atom. The monoisotopic (exact) mass is 638 g/mol. The molecule has 0 amide bonds. The van der Waals surface area contributed by atoms with Crippen molar-refractivity contribution in [1.29, 1.82) is 0 Å². The zero-order valence-corrected chi connectivity index (χ0v) is 29.3. The fourth-order valence-electron chi connectivity index (χ4n) is 8.36. The van der Waals surface area contributed by atoms with Crippen molar-refractivity contribution in [2.45, 2.75) is 97.8 Å². The maximum Gasteiger partial charge on any atom is 0.178 e. The Kier molecular flexibility index (Phi) is 10.2. The highest BCUT2D eigenvalue weighted by Gasteiger charge is 2.33. The molecule has 2 aromatic rings. The lowest BCUT2D eigenvalue weighted by Crippen LogP contribution is -2.44. The van der Waals surface area contributed by atoms with Gasteiger partial charge in [-0.1, -0.05) is 39.0 Å². The fraction of sp³-hybridized carbons (Fsp3) is 0.625. The highest BCUT2D eigenvalue weighted by Crippen LogP contribution is 2.39. The normalized spacial score (nSPS) is 21.5. The first-order valence-corrected chi connectivity index (χ1v) is 18.1. The largest absolute Gasteiger partial charge is 0.306 e. The third-order valence-electron chi connectivity index (χ3n) is 11.4. The molecule has 3 aliphatic heterocycles. The Balaban J connectivity index is 1.16. The maximum atomic E-state index is 14.0. The summed E-state index contributed by atoms with van der Waals surface area (Å²) < 4.78 is 0. The third-order valence-corrected chi connectivity index (χ3v) is 11.4. The first-order chi connectivity index (χ1) is 22.4. The molecule has 4 heterocycles. The van der Waals surface area contributed by atoms with Crippen molar-refractivity contribution >= 4 is 28.7 Å². The molecule has 0 radical (unpaired) electrons. The fourth-order valence-corrected chi connectivity index (χ4v) is 8.36. The van der Waals surface area contributed by atoms with Gasteiger partial charge in [0, 0.05) is 50.0 Å². The Morgan fingerprint density at radius 3 is 2.43 bits per heavy atom. The van der Waals surface area contributed by atoms with Crippen LogP contribution >= 0.6 is 0 Å². The van der Waals surface area contributed by atoms with Crippen molar-refractivity contribution in [2.75, 3.05) is 39.8 Å². The van der Waals surface area contributed by atoms with Crippen LogP contribution in [0.1, 0.15) is 111 Å². The van der Waals surface area contributed by atoms with Gasteiger partial charge in [0.05, 0.1) is 17.1 Å². The van der Waals surface area contributed by atoms with Crippen LogP contribution in [0.25, 0.3) is 0 Å². The smallest absolute Gasteiger partial charge is 0.178 e. The van der Waals surface area contributed by atoms with Gasteiger partial charge < -0.3 is 14.6 Å². The van der Waals surface area contributed by atoms with E-state index in [4.69, 9.17) is 9.98 Å². The Labute approximate surface area is 281 Å². The number of hydrogen-bond donors (Lipinski definition) is 0. The molecule has 1 aromatic carbocycles. The number of hydrogen-bond acceptors (Lipinski definition) is 7. The van der Waals surface area contributed by atoms with Crippen molar-refractivity contribution < 1.29 is 14.4 Å². The number of rotatable bonds is 12. The van der Waals surface area contributed by atoms with Gasteiger partial charge in [0.2, 0.25) is 0 Å².